The molecule has 0 spiro atoms. The molecule has 2 rings (SSSR count). The molecule has 2 unspecified atom stereocenters. The number of benzene rings is 1. The van der Waals surface area contributed by atoms with Gasteiger partial charge in [-0.1, -0.05) is 19.1 Å². The van der Waals surface area contributed by atoms with Crippen LogP contribution in [0.1, 0.15) is 37.8 Å². The molecular weight excluding hydrogens is 255 g/mol. The number of nitrogens with zero attached hydrogens (tertiary/aromatic N) is 1. The van der Waals surface area contributed by atoms with Crippen LogP contribution in [0.5, 0.6) is 0 Å². The molecule has 1 aliphatic rings. The second kappa shape index (κ2) is 7.72. The number of halogens is 1. The van der Waals surface area contributed by atoms with Crippen LogP contribution in [0, 0.1) is 5.82 Å². The van der Waals surface area contributed by atoms with E-state index in [0.29, 0.717) is 0 Å². The fourth-order valence-corrected chi connectivity index (χ4v) is 2.76. The average molecular weight is 280 g/mol. The largest absolute Gasteiger partial charge is 0.392 e. The Bertz CT molecular complexity index is 413. The van der Waals surface area contributed by atoms with Crippen molar-refractivity contribution in [1.29, 1.82) is 0 Å². The molecule has 0 bridgehead atoms. The smallest absolute Gasteiger partial charge is 0.123 e. The van der Waals surface area contributed by atoms with Gasteiger partial charge in [0.25, 0.3) is 0 Å². The quantitative estimate of drug-likeness (QED) is 0.804. The third kappa shape index (κ3) is 4.54. The van der Waals surface area contributed by atoms with Gasteiger partial charge in [0.1, 0.15) is 5.82 Å². The van der Waals surface area contributed by atoms with Crippen molar-refractivity contribution in [3.05, 3.63) is 35.6 Å². The highest BCUT2D eigenvalue weighted by Gasteiger charge is 2.21. The number of aliphatic hydroxyl groups excluding tert-OH is 1. The minimum absolute atomic E-state index is 0.175. The molecular formula is C16H25FN2O. The number of aliphatic hydroxyl groups is 1. The van der Waals surface area contributed by atoms with Crippen LogP contribution in [0.3, 0.4) is 0 Å². The Morgan fingerprint density at radius 1 is 1.50 bits per heavy atom. The van der Waals surface area contributed by atoms with Gasteiger partial charge in [0, 0.05) is 25.7 Å². The van der Waals surface area contributed by atoms with E-state index in [0.717, 1.165) is 51.0 Å². The first-order valence-corrected chi connectivity index (χ1v) is 7.58. The molecule has 0 radical (unpaired) electrons. The summed E-state index contributed by atoms with van der Waals surface area (Å²) in [5.74, 6) is -0.178. The first-order chi connectivity index (χ1) is 9.69. The summed E-state index contributed by atoms with van der Waals surface area (Å²) in [7, 11) is 0. The molecule has 3 nitrogen and oxygen atoms in total. The van der Waals surface area contributed by atoms with Crippen molar-refractivity contribution >= 4 is 0 Å². The summed E-state index contributed by atoms with van der Waals surface area (Å²) in [6.07, 6.45) is 2.70. The Kier molecular flexibility index (Phi) is 5.95. The number of rotatable bonds is 7. The highest BCUT2D eigenvalue weighted by atomic mass is 19.1. The molecule has 1 aliphatic heterocycles. The minimum Gasteiger partial charge on any atom is -0.392 e. The lowest BCUT2D eigenvalue weighted by Crippen LogP contribution is -2.29. The van der Waals surface area contributed by atoms with Gasteiger partial charge in [-0.25, -0.2) is 4.39 Å². The van der Waals surface area contributed by atoms with E-state index >= 15 is 0 Å². The van der Waals surface area contributed by atoms with Crippen molar-refractivity contribution in [2.45, 2.75) is 38.3 Å². The maximum absolute atomic E-state index is 13.4. The van der Waals surface area contributed by atoms with E-state index in [4.69, 9.17) is 0 Å². The molecule has 4 heteroatoms. The van der Waals surface area contributed by atoms with E-state index in [-0.39, 0.29) is 18.0 Å². The van der Waals surface area contributed by atoms with E-state index in [1.807, 2.05) is 6.07 Å². The lowest BCUT2D eigenvalue weighted by atomic mass is 10.0. The zero-order chi connectivity index (χ0) is 14.4. The second-order valence-electron chi connectivity index (χ2n) is 5.59. The van der Waals surface area contributed by atoms with Crippen LogP contribution >= 0.6 is 0 Å². The number of likely N-dealkylation sites (tertiary alicyclic amines) is 1. The molecule has 0 saturated carbocycles. The lowest BCUT2D eigenvalue weighted by molar-refractivity contribution is 0.174. The third-order valence-corrected chi connectivity index (χ3v) is 3.87. The maximum Gasteiger partial charge on any atom is 0.123 e. The molecule has 1 aromatic carbocycles. The van der Waals surface area contributed by atoms with Crippen molar-refractivity contribution in [1.82, 2.24) is 10.2 Å². The highest BCUT2D eigenvalue weighted by molar-refractivity contribution is 5.20. The van der Waals surface area contributed by atoms with Crippen molar-refractivity contribution in [3.63, 3.8) is 0 Å². The first-order valence-electron chi connectivity index (χ1n) is 7.58. The van der Waals surface area contributed by atoms with Crippen LogP contribution < -0.4 is 5.32 Å². The molecule has 2 N–H and O–H groups in total. The van der Waals surface area contributed by atoms with Crippen LogP contribution in [0.2, 0.25) is 0 Å². The van der Waals surface area contributed by atoms with Crippen LogP contribution in [0.4, 0.5) is 4.39 Å². The fourth-order valence-electron chi connectivity index (χ4n) is 2.76. The SMILES string of the molecule is CCCNC(CCN1CCC(O)C1)c1cccc(F)c1. The Morgan fingerprint density at radius 2 is 2.35 bits per heavy atom. The molecule has 0 aromatic heterocycles. The fraction of sp³-hybridized carbons (Fsp3) is 0.625. The molecule has 0 amide bonds. The molecule has 0 aliphatic carbocycles. The number of nitrogens with one attached hydrogen (secondary N) is 1. The van der Waals surface area contributed by atoms with E-state index < -0.39 is 0 Å². The van der Waals surface area contributed by atoms with Crippen LogP contribution in [-0.2, 0) is 0 Å². The highest BCUT2D eigenvalue weighted by Crippen LogP contribution is 2.20. The zero-order valence-electron chi connectivity index (χ0n) is 12.2. The topological polar surface area (TPSA) is 35.5 Å². The summed E-state index contributed by atoms with van der Waals surface area (Å²) in [6, 6.07) is 7.03. The summed E-state index contributed by atoms with van der Waals surface area (Å²) in [4.78, 5) is 2.28. The van der Waals surface area contributed by atoms with Gasteiger partial charge in [-0.15, -0.1) is 0 Å². The van der Waals surface area contributed by atoms with Gasteiger partial charge in [0.05, 0.1) is 6.10 Å². The van der Waals surface area contributed by atoms with Gasteiger partial charge < -0.3 is 15.3 Å². The average Bonchev–Trinajstić information content (AvgIpc) is 2.85. The Balaban J connectivity index is 1.93. The maximum atomic E-state index is 13.4. The second-order valence-corrected chi connectivity index (χ2v) is 5.59. The van der Waals surface area contributed by atoms with Crippen molar-refractivity contribution in [2.24, 2.45) is 0 Å². The van der Waals surface area contributed by atoms with Crippen LogP contribution in [0.25, 0.3) is 0 Å². The zero-order valence-corrected chi connectivity index (χ0v) is 12.2. The summed E-state index contributed by atoms with van der Waals surface area (Å²) in [5.41, 5.74) is 1.01. The van der Waals surface area contributed by atoms with Gasteiger partial charge in [-0.05, 0) is 43.5 Å². The standard InChI is InChI=1S/C16H25FN2O/c1-2-8-18-16(13-4-3-5-14(17)11-13)7-10-19-9-6-15(20)12-19/h3-5,11,15-16,18,20H,2,6-10,12H2,1H3. The van der Waals surface area contributed by atoms with Crippen molar-refractivity contribution in [2.75, 3.05) is 26.2 Å². The van der Waals surface area contributed by atoms with E-state index in [9.17, 15) is 9.50 Å². The van der Waals surface area contributed by atoms with Crippen LogP contribution in [-0.4, -0.2) is 42.3 Å². The normalized spacial score (nSPS) is 21.2. The molecule has 1 fully saturated rings. The summed E-state index contributed by atoms with van der Waals surface area (Å²) >= 11 is 0. The molecule has 1 aromatic rings. The Hall–Kier alpha value is -0.970. The molecule has 2 atom stereocenters. The Labute approximate surface area is 120 Å². The Morgan fingerprint density at radius 3 is 3.00 bits per heavy atom. The van der Waals surface area contributed by atoms with E-state index in [2.05, 4.69) is 17.1 Å². The van der Waals surface area contributed by atoms with Gasteiger partial charge in [-0.3, -0.25) is 0 Å². The lowest BCUT2D eigenvalue weighted by Gasteiger charge is -2.22. The first kappa shape index (κ1) is 15.4. The molecule has 1 saturated heterocycles. The van der Waals surface area contributed by atoms with Gasteiger partial charge in [0.2, 0.25) is 0 Å². The molecule has 112 valence electrons. The van der Waals surface area contributed by atoms with E-state index in [1.54, 1.807) is 12.1 Å². The van der Waals surface area contributed by atoms with Gasteiger partial charge in [0.15, 0.2) is 0 Å². The third-order valence-electron chi connectivity index (χ3n) is 3.87. The summed E-state index contributed by atoms with van der Waals surface area (Å²) in [5, 5.41) is 13.0. The predicted octanol–water partition coefficient (Wildman–Crippen LogP) is 2.32. The van der Waals surface area contributed by atoms with E-state index in [1.165, 1.54) is 6.07 Å². The number of β-amino-alcohol motifs (C(OH)–C–C–N with tert-alkyl or cyclic N) is 1. The number of hydrogen-bond acceptors (Lipinski definition) is 3. The summed E-state index contributed by atoms with van der Waals surface area (Å²) in [6.45, 7) is 5.74. The predicted molar refractivity (Wildman–Crippen MR) is 79.1 cm³/mol. The van der Waals surface area contributed by atoms with Crippen molar-refractivity contribution in [3.8, 4) is 0 Å². The van der Waals surface area contributed by atoms with Crippen molar-refractivity contribution < 1.29 is 9.50 Å². The van der Waals surface area contributed by atoms with Gasteiger partial charge >= 0.3 is 0 Å². The van der Waals surface area contributed by atoms with Crippen LogP contribution in [0.15, 0.2) is 24.3 Å². The minimum atomic E-state index is -0.178. The molecule has 20 heavy (non-hydrogen) atoms. The van der Waals surface area contributed by atoms with Gasteiger partial charge in [-0.2, -0.15) is 0 Å². The molecule has 1 heterocycles. The monoisotopic (exact) mass is 280 g/mol. The summed E-state index contributed by atoms with van der Waals surface area (Å²) < 4.78 is 13.4. The number of hydrogen-bond donors (Lipinski definition) is 2.